The second-order valence-corrected chi connectivity index (χ2v) is 10.1. The number of piperidine rings is 1. The third kappa shape index (κ3) is 6.46. The van der Waals surface area contributed by atoms with Gasteiger partial charge in [0, 0.05) is 36.1 Å². The molecule has 1 aliphatic rings. The smallest absolute Gasteiger partial charge is 0.262 e. The maximum atomic E-state index is 12.7. The summed E-state index contributed by atoms with van der Waals surface area (Å²) >= 11 is 0. The lowest BCUT2D eigenvalue weighted by Crippen LogP contribution is -2.35. The van der Waals surface area contributed by atoms with E-state index < -0.39 is 15.9 Å². The van der Waals surface area contributed by atoms with Gasteiger partial charge in [0.2, 0.25) is 10.0 Å². The second-order valence-electron chi connectivity index (χ2n) is 8.17. The van der Waals surface area contributed by atoms with Gasteiger partial charge in [0.05, 0.1) is 4.90 Å². The predicted molar refractivity (Wildman–Crippen MR) is 134 cm³/mol. The number of nitrogens with zero attached hydrogens (tertiary/aromatic N) is 1. The highest BCUT2D eigenvalue weighted by Crippen LogP contribution is 2.22. The first-order chi connectivity index (χ1) is 16.9. The molecule has 1 fully saturated rings. The molecule has 182 valence electrons. The van der Waals surface area contributed by atoms with Crippen LogP contribution in [0.4, 0.5) is 11.4 Å². The summed E-state index contributed by atoms with van der Waals surface area (Å²) in [5.74, 6) is -0.212. The van der Waals surface area contributed by atoms with Gasteiger partial charge >= 0.3 is 0 Å². The van der Waals surface area contributed by atoms with E-state index in [1.165, 1.54) is 16.4 Å². The molecule has 0 atom stereocenters. The van der Waals surface area contributed by atoms with Crippen molar-refractivity contribution in [1.29, 1.82) is 0 Å². The minimum absolute atomic E-state index is 0.211. The van der Waals surface area contributed by atoms with E-state index in [0.29, 0.717) is 35.8 Å². The average Bonchev–Trinajstić information content (AvgIpc) is 2.89. The number of ether oxygens (including phenoxy) is 1. The molecule has 0 radical (unpaired) electrons. The molecule has 3 aromatic rings. The van der Waals surface area contributed by atoms with Crippen molar-refractivity contribution in [1.82, 2.24) is 4.31 Å². The standard InChI is InChI=1S/C26H27N3O5S/c30-25(27-21-12-14-24(15-13-21)35(32,33)29-16-5-2-6-17-29)19-34-23-11-7-10-22(18-23)28-26(31)20-8-3-1-4-9-20/h1,3-4,7-15,18H,2,5-6,16-17,19H2,(H,27,30)(H,28,31). The molecule has 0 bridgehead atoms. The van der Waals surface area contributed by atoms with E-state index in [9.17, 15) is 18.0 Å². The summed E-state index contributed by atoms with van der Waals surface area (Å²) in [6.45, 7) is 0.828. The number of amides is 2. The lowest BCUT2D eigenvalue weighted by atomic mass is 10.2. The Hall–Kier alpha value is -3.69. The second kappa shape index (κ2) is 11.2. The Balaban J connectivity index is 1.30. The molecule has 35 heavy (non-hydrogen) atoms. The maximum absolute atomic E-state index is 12.7. The van der Waals surface area contributed by atoms with Gasteiger partial charge in [-0.2, -0.15) is 4.31 Å². The minimum atomic E-state index is -3.52. The normalized spacial score (nSPS) is 14.2. The van der Waals surface area contributed by atoms with Crippen LogP contribution in [0.5, 0.6) is 5.75 Å². The van der Waals surface area contributed by atoms with Gasteiger partial charge in [-0.25, -0.2) is 8.42 Å². The summed E-state index contributed by atoms with van der Waals surface area (Å²) in [4.78, 5) is 24.9. The molecule has 2 amide bonds. The van der Waals surface area contributed by atoms with Gasteiger partial charge in [0.25, 0.3) is 11.8 Å². The largest absolute Gasteiger partial charge is 0.484 e. The van der Waals surface area contributed by atoms with E-state index in [-0.39, 0.29) is 17.4 Å². The average molecular weight is 494 g/mol. The quantitative estimate of drug-likeness (QED) is 0.491. The Morgan fingerprint density at radius 2 is 1.51 bits per heavy atom. The number of carbonyl (C=O) groups is 2. The zero-order valence-electron chi connectivity index (χ0n) is 19.1. The van der Waals surface area contributed by atoms with Crippen LogP contribution in [-0.4, -0.2) is 44.2 Å². The zero-order chi connectivity index (χ0) is 24.7. The van der Waals surface area contributed by atoms with Gasteiger partial charge in [-0.05, 0) is 61.4 Å². The lowest BCUT2D eigenvalue weighted by molar-refractivity contribution is -0.118. The minimum Gasteiger partial charge on any atom is -0.484 e. The van der Waals surface area contributed by atoms with Crippen LogP contribution >= 0.6 is 0 Å². The molecule has 0 aliphatic carbocycles. The molecule has 1 heterocycles. The van der Waals surface area contributed by atoms with E-state index in [0.717, 1.165) is 19.3 Å². The van der Waals surface area contributed by atoms with Crippen LogP contribution in [0.1, 0.15) is 29.6 Å². The fourth-order valence-corrected chi connectivity index (χ4v) is 5.28. The maximum Gasteiger partial charge on any atom is 0.262 e. The summed E-state index contributed by atoms with van der Waals surface area (Å²) in [5.41, 5.74) is 1.55. The number of sulfonamides is 1. The number of anilines is 2. The predicted octanol–water partition coefficient (Wildman–Crippen LogP) is 4.13. The number of rotatable bonds is 8. The van der Waals surface area contributed by atoms with Crippen molar-refractivity contribution in [2.24, 2.45) is 0 Å². The molecule has 9 heteroatoms. The molecular formula is C26H27N3O5S. The number of benzene rings is 3. The molecule has 0 spiro atoms. The first kappa shape index (κ1) is 24.4. The highest BCUT2D eigenvalue weighted by molar-refractivity contribution is 7.89. The van der Waals surface area contributed by atoms with Crippen molar-refractivity contribution >= 4 is 33.2 Å². The molecule has 2 N–H and O–H groups in total. The van der Waals surface area contributed by atoms with Gasteiger partial charge in [0.15, 0.2) is 6.61 Å². The molecule has 0 saturated carbocycles. The SMILES string of the molecule is O=C(COc1cccc(NC(=O)c2ccccc2)c1)Nc1ccc(S(=O)(=O)N2CCCCC2)cc1. The Morgan fingerprint density at radius 3 is 2.23 bits per heavy atom. The van der Waals surface area contributed by atoms with Gasteiger partial charge in [0.1, 0.15) is 5.75 Å². The number of hydrogen-bond acceptors (Lipinski definition) is 5. The lowest BCUT2D eigenvalue weighted by Gasteiger charge is -2.25. The third-order valence-electron chi connectivity index (χ3n) is 5.59. The molecule has 3 aromatic carbocycles. The van der Waals surface area contributed by atoms with Crippen molar-refractivity contribution in [3.63, 3.8) is 0 Å². The molecule has 0 aromatic heterocycles. The Morgan fingerprint density at radius 1 is 0.800 bits per heavy atom. The summed E-state index contributed by atoms with van der Waals surface area (Å²) in [7, 11) is -3.52. The fraction of sp³-hybridized carbons (Fsp3) is 0.231. The summed E-state index contributed by atoms with van der Waals surface area (Å²) in [6, 6.07) is 21.7. The Labute approximate surface area is 205 Å². The van der Waals surface area contributed by atoms with Crippen LogP contribution in [0.2, 0.25) is 0 Å². The van der Waals surface area contributed by atoms with Crippen LogP contribution in [0, 0.1) is 0 Å². The van der Waals surface area contributed by atoms with Crippen LogP contribution in [0.15, 0.2) is 83.8 Å². The van der Waals surface area contributed by atoms with Crippen LogP contribution in [0.25, 0.3) is 0 Å². The number of nitrogens with one attached hydrogen (secondary N) is 2. The van der Waals surface area contributed by atoms with E-state index in [4.69, 9.17) is 4.74 Å². The molecule has 4 rings (SSSR count). The van der Waals surface area contributed by atoms with E-state index in [1.54, 1.807) is 60.7 Å². The summed E-state index contributed by atoms with van der Waals surface area (Å²) < 4.78 is 32.6. The molecular weight excluding hydrogens is 466 g/mol. The monoisotopic (exact) mass is 493 g/mol. The van der Waals surface area contributed by atoms with E-state index >= 15 is 0 Å². The van der Waals surface area contributed by atoms with Crippen molar-refractivity contribution in [3.8, 4) is 5.75 Å². The number of hydrogen-bond donors (Lipinski definition) is 2. The topological polar surface area (TPSA) is 105 Å². The van der Waals surface area contributed by atoms with Crippen LogP contribution in [-0.2, 0) is 14.8 Å². The number of carbonyl (C=O) groups excluding carboxylic acids is 2. The molecule has 1 aliphatic heterocycles. The van der Waals surface area contributed by atoms with Crippen molar-refractivity contribution < 1.29 is 22.7 Å². The first-order valence-corrected chi connectivity index (χ1v) is 12.9. The third-order valence-corrected chi connectivity index (χ3v) is 7.50. The first-order valence-electron chi connectivity index (χ1n) is 11.4. The molecule has 0 unspecified atom stereocenters. The highest BCUT2D eigenvalue weighted by Gasteiger charge is 2.25. The van der Waals surface area contributed by atoms with Gasteiger partial charge in [-0.3, -0.25) is 9.59 Å². The van der Waals surface area contributed by atoms with Crippen LogP contribution < -0.4 is 15.4 Å². The van der Waals surface area contributed by atoms with Gasteiger partial charge in [-0.1, -0.05) is 30.7 Å². The van der Waals surface area contributed by atoms with Gasteiger partial charge in [-0.15, -0.1) is 0 Å². The van der Waals surface area contributed by atoms with E-state index in [2.05, 4.69) is 10.6 Å². The van der Waals surface area contributed by atoms with Gasteiger partial charge < -0.3 is 15.4 Å². The fourth-order valence-electron chi connectivity index (χ4n) is 3.77. The highest BCUT2D eigenvalue weighted by atomic mass is 32.2. The van der Waals surface area contributed by atoms with Crippen molar-refractivity contribution in [2.75, 3.05) is 30.3 Å². The summed E-state index contributed by atoms with van der Waals surface area (Å²) in [6.07, 6.45) is 2.79. The van der Waals surface area contributed by atoms with Crippen molar-refractivity contribution in [3.05, 3.63) is 84.4 Å². The van der Waals surface area contributed by atoms with Crippen molar-refractivity contribution in [2.45, 2.75) is 24.2 Å². The Kier molecular flexibility index (Phi) is 7.79. The van der Waals surface area contributed by atoms with Crippen LogP contribution in [0.3, 0.4) is 0 Å². The summed E-state index contributed by atoms with van der Waals surface area (Å²) in [5, 5.41) is 5.49. The molecule has 8 nitrogen and oxygen atoms in total. The zero-order valence-corrected chi connectivity index (χ0v) is 20.0. The van der Waals surface area contributed by atoms with E-state index in [1.807, 2.05) is 6.07 Å². The Bertz CT molecular complexity index is 1270. The molecule has 1 saturated heterocycles.